The molecule has 0 aliphatic heterocycles. The highest BCUT2D eigenvalue weighted by atomic mass is 32.2. The van der Waals surface area contributed by atoms with Crippen molar-refractivity contribution in [2.75, 3.05) is 17.4 Å². The van der Waals surface area contributed by atoms with Crippen LogP contribution in [-0.4, -0.2) is 44.3 Å². The van der Waals surface area contributed by atoms with Gasteiger partial charge in [0, 0.05) is 13.1 Å². The number of carbonyl (C=O) groups is 2. The molecule has 3 aromatic carbocycles. The highest BCUT2D eigenvalue weighted by molar-refractivity contribution is 7.92. The van der Waals surface area contributed by atoms with Crippen LogP contribution in [0.5, 0.6) is 0 Å². The standard InChI is InChI=1S/C30H37N3O4S/c1-6-18-31-30(35)25(5)32(20-26-9-7-8-24(4)19-26)29(34)21-33(27-14-10-22(2)11-15-27)38(36,37)28-16-12-23(3)13-17-28/h7-17,19,25H,6,18,20-21H2,1-5H3,(H,31,35)/t25-/m0/s1. The van der Waals surface area contributed by atoms with Gasteiger partial charge in [-0.1, -0.05) is 72.1 Å². The molecule has 8 heteroatoms. The number of rotatable bonds is 11. The van der Waals surface area contributed by atoms with Gasteiger partial charge in [0.2, 0.25) is 11.8 Å². The third kappa shape index (κ3) is 7.22. The molecular weight excluding hydrogens is 498 g/mol. The molecule has 0 aliphatic carbocycles. The summed E-state index contributed by atoms with van der Waals surface area (Å²) in [5.41, 5.74) is 4.16. The number of sulfonamides is 1. The van der Waals surface area contributed by atoms with Crippen molar-refractivity contribution in [2.45, 2.75) is 58.5 Å². The molecule has 0 saturated carbocycles. The zero-order chi connectivity index (χ0) is 27.9. The smallest absolute Gasteiger partial charge is 0.264 e. The molecule has 0 unspecified atom stereocenters. The van der Waals surface area contributed by atoms with Crippen LogP contribution < -0.4 is 9.62 Å². The maximum absolute atomic E-state index is 13.9. The van der Waals surface area contributed by atoms with E-state index in [0.29, 0.717) is 12.2 Å². The van der Waals surface area contributed by atoms with Gasteiger partial charge in [0.15, 0.2) is 0 Å². The molecule has 0 bridgehead atoms. The Bertz CT molecular complexity index is 1350. The summed E-state index contributed by atoms with van der Waals surface area (Å²) in [6.07, 6.45) is 0.764. The monoisotopic (exact) mass is 535 g/mol. The van der Waals surface area contributed by atoms with Crippen LogP contribution in [0.3, 0.4) is 0 Å². The largest absolute Gasteiger partial charge is 0.354 e. The molecule has 0 fully saturated rings. The van der Waals surface area contributed by atoms with Crippen molar-refractivity contribution in [1.82, 2.24) is 10.2 Å². The summed E-state index contributed by atoms with van der Waals surface area (Å²) in [4.78, 5) is 28.3. The van der Waals surface area contributed by atoms with Crippen LogP contribution in [0.2, 0.25) is 0 Å². The molecule has 0 heterocycles. The molecule has 3 rings (SSSR count). The van der Waals surface area contributed by atoms with E-state index in [-0.39, 0.29) is 17.3 Å². The van der Waals surface area contributed by atoms with Gasteiger partial charge in [0.25, 0.3) is 10.0 Å². The van der Waals surface area contributed by atoms with E-state index in [0.717, 1.165) is 33.0 Å². The van der Waals surface area contributed by atoms with Gasteiger partial charge in [-0.15, -0.1) is 0 Å². The summed E-state index contributed by atoms with van der Waals surface area (Å²) in [6, 6.07) is 20.5. The third-order valence-electron chi connectivity index (χ3n) is 6.36. The fourth-order valence-corrected chi connectivity index (χ4v) is 5.48. The van der Waals surface area contributed by atoms with E-state index in [1.165, 1.54) is 4.90 Å². The molecule has 2 amide bonds. The molecule has 0 saturated heterocycles. The van der Waals surface area contributed by atoms with Crippen molar-refractivity contribution in [3.05, 3.63) is 95.1 Å². The van der Waals surface area contributed by atoms with E-state index in [1.807, 2.05) is 64.1 Å². The zero-order valence-corrected chi connectivity index (χ0v) is 23.6. The Morgan fingerprint density at radius 3 is 2.05 bits per heavy atom. The van der Waals surface area contributed by atoms with Crippen molar-refractivity contribution in [2.24, 2.45) is 0 Å². The number of nitrogens with one attached hydrogen (secondary N) is 1. The molecule has 0 radical (unpaired) electrons. The van der Waals surface area contributed by atoms with Crippen LogP contribution in [0, 0.1) is 20.8 Å². The van der Waals surface area contributed by atoms with Gasteiger partial charge in [-0.25, -0.2) is 8.42 Å². The van der Waals surface area contributed by atoms with E-state index in [1.54, 1.807) is 43.3 Å². The Labute approximate surface area is 226 Å². The fourth-order valence-electron chi connectivity index (χ4n) is 4.06. The molecule has 1 atom stereocenters. The lowest BCUT2D eigenvalue weighted by molar-refractivity contribution is -0.139. The second-order valence-corrected chi connectivity index (χ2v) is 11.5. The van der Waals surface area contributed by atoms with Gasteiger partial charge in [-0.2, -0.15) is 0 Å². The van der Waals surface area contributed by atoms with Gasteiger partial charge in [0.1, 0.15) is 12.6 Å². The molecule has 0 spiro atoms. The number of hydrogen-bond acceptors (Lipinski definition) is 4. The summed E-state index contributed by atoms with van der Waals surface area (Å²) >= 11 is 0. The van der Waals surface area contributed by atoms with E-state index < -0.39 is 28.5 Å². The number of nitrogens with zero attached hydrogens (tertiary/aromatic N) is 2. The van der Waals surface area contributed by atoms with Crippen LogP contribution in [-0.2, 0) is 26.2 Å². The first-order valence-corrected chi connectivity index (χ1v) is 14.3. The number of hydrogen-bond donors (Lipinski definition) is 1. The summed E-state index contributed by atoms with van der Waals surface area (Å²) in [5.74, 6) is -0.752. The topological polar surface area (TPSA) is 86.8 Å². The van der Waals surface area contributed by atoms with E-state index in [9.17, 15) is 18.0 Å². The summed E-state index contributed by atoms with van der Waals surface area (Å²) in [5, 5.41) is 2.85. The maximum Gasteiger partial charge on any atom is 0.264 e. The first kappa shape index (κ1) is 28.9. The lowest BCUT2D eigenvalue weighted by Crippen LogP contribution is -2.51. The minimum atomic E-state index is -4.07. The first-order valence-electron chi connectivity index (χ1n) is 12.8. The van der Waals surface area contributed by atoms with Crippen LogP contribution in [0.4, 0.5) is 5.69 Å². The number of amides is 2. The normalized spacial score (nSPS) is 12.0. The van der Waals surface area contributed by atoms with Gasteiger partial charge in [0.05, 0.1) is 10.6 Å². The Morgan fingerprint density at radius 2 is 1.47 bits per heavy atom. The van der Waals surface area contributed by atoms with Crippen molar-refractivity contribution in [1.29, 1.82) is 0 Å². The molecule has 0 aromatic heterocycles. The minimum absolute atomic E-state index is 0.0930. The Kier molecular flexibility index (Phi) is 9.69. The maximum atomic E-state index is 13.9. The van der Waals surface area contributed by atoms with Crippen LogP contribution in [0.15, 0.2) is 77.7 Å². The molecule has 0 aliphatic rings. The lowest BCUT2D eigenvalue weighted by Gasteiger charge is -2.32. The van der Waals surface area contributed by atoms with E-state index >= 15 is 0 Å². The van der Waals surface area contributed by atoms with E-state index in [4.69, 9.17) is 0 Å². The average Bonchev–Trinajstić information content (AvgIpc) is 2.89. The van der Waals surface area contributed by atoms with Crippen molar-refractivity contribution < 1.29 is 18.0 Å². The predicted molar refractivity (Wildman–Crippen MR) is 151 cm³/mol. The fraction of sp³-hybridized carbons (Fsp3) is 0.333. The Balaban J connectivity index is 2.01. The van der Waals surface area contributed by atoms with Crippen LogP contribution in [0.1, 0.15) is 42.5 Å². The highest BCUT2D eigenvalue weighted by Crippen LogP contribution is 2.25. The van der Waals surface area contributed by atoms with Crippen LogP contribution >= 0.6 is 0 Å². The molecule has 38 heavy (non-hydrogen) atoms. The quantitative estimate of drug-likeness (QED) is 0.384. The van der Waals surface area contributed by atoms with Crippen molar-refractivity contribution in [3.63, 3.8) is 0 Å². The SMILES string of the molecule is CCCNC(=O)[C@H](C)N(Cc1cccc(C)c1)C(=O)CN(c1ccc(C)cc1)S(=O)(=O)c1ccc(C)cc1. The van der Waals surface area contributed by atoms with E-state index in [2.05, 4.69) is 5.32 Å². The van der Waals surface area contributed by atoms with Crippen LogP contribution in [0.25, 0.3) is 0 Å². The first-order chi connectivity index (χ1) is 18.0. The van der Waals surface area contributed by atoms with Gasteiger partial charge >= 0.3 is 0 Å². The Hall–Kier alpha value is -3.65. The second-order valence-electron chi connectivity index (χ2n) is 9.64. The summed E-state index contributed by atoms with van der Waals surface area (Å²) in [7, 11) is -4.07. The van der Waals surface area contributed by atoms with Gasteiger partial charge in [-0.05, 0) is 63.9 Å². The second kappa shape index (κ2) is 12.7. The molecule has 202 valence electrons. The molecular formula is C30H37N3O4S. The Morgan fingerprint density at radius 1 is 0.868 bits per heavy atom. The molecule has 1 N–H and O–H groups in total. The van der Waals surface area contributed by atoms with Gasteiger partial charge < -0.3 is 10.2 Å². The number of aryl methyl sites for hydroxylation is 3. The zero-order valence-electron chi connectivity index (χ0n) is 22.8. The van der Waals surface area contributed by atoms with Crippen molar-refractivity contribution in [3.8, 4) is 0 Å². The summed E-state index contributed by atoms with van der Waals surface area (Å²) < 4.78 is 28.7. The molecule has 7 nitrogen and oxygen atoms in total. The number of carbonyl (C=O) groups excluding carboxylic acids is 2. The summed E-state index contributed by atoms with van der Waals surface area (Å²) in [6.45, 7) is 9.59. The van der Waals surface area contributed by atoms with Gasteiger partial charge in [-0.3, -0.25) is 13.9 Å². The van der Waals surface area contributed by atoms with Crippen molar-refractivity contribution >= 4 is 27.5 Å². The minimum Gasteiger partial charge on any atom is -0.354 e. The third-order valence-corrected chi connectivity index (χ3v) is 8.15. The lowest BCUT2D eigenvalue weighted by atomic mass is 10.1. The molecule has 3 aromatic rings. The number of anilines is 1. The average molecular weight is 536 g/mol. The number of benzene rings is 3. The highest BCUT2D eigenvalue weighted by Gasteiger charge is 2.32. The predicted octanol–water partition coefficient (Wildman–Crippen LogP) is 4.75.